The molecule has 0 N–H and O–H groups in total. The maximum absolute atomic E-state index is 11.4. The normalized spacial score (nSPS) is 10.7. The zero-order valence-electron chi connectivity index (χ0n) is 13.6. The Morgan fingerprint density at radius 2 is 1.30 bits per heavy atom. The molecular formula is C17H34O3. The van der Waals surface area contributed by atoms with Crippen LogP contribution in [-0.2, 0) is 14.3 Å². The summed E-state index contributed by atoms with van der Waals surface area (Å²) in [4.78, 5) is 11.4. The lowest BCUT2D eigenvalue weighted by Gasteiger charge is -2.05. The second-order valence-corrected chi connectivity index (χ2v) is 5.41. The summed E-state index contributed by atoms with van der Waals surface area (Å²) in [5, 5.41) is 0. The lowest BCUT2D eigenvalue weighted by molar-refractivity contribution is -0.145. The Morgan fingerprint density at radius 1 is 0.700 bits per heavy atom. The second-order valence-electron chi connectivity index (χ2n) is 5.41. The quantitative estimate of drug-likeness (QED) is 0.318. The van der Waals surface area contributed by atoms with Crippen LogP contribution in [0.25, 0.3) is 0 Å². The number of unbranched alkanes of at least 4 members (excludes halogenated alkanes) is 8. The molecular weight excluding hydrogens is 252 g/mol. The van der Waals surface area contributed by atoms with Gasteiger partial charge in [-0.05, 0) is 12.8 Å². The Bertz CT molecular complexity index is 204. The van der Waals surface area contributed by atoms with Crippen molar-refractivity contribution in [2.24, 2.45) is 0 Å². The number of ether oxygens (including phenoxy) is 2. The van der Waals surface area contributed by atoms with E-state index >= 15 is 0 Å². The van der Waals surface area contributed by atoms with Crippen LogP contribution in [0.1, 0.15) is 84.5 Å². The fraction of sp³-hybridized carbons (Fsp3) is 0.941. The van der Waals surface area contributed by atoms with Crippen LogP contribution in [0.5, 0.6) is 0 Å². The van der Waals surface area contributed by atoms with E-state index in [4.69, 9.17) is 9.47 Å². The molecule has 0 saturated carbocycles. The molecule has 0 bridgehead atoms. The highest BCUT2D eigenvalue weighted by Crippen LogP contribution is 2.08. The summed E-state index contributed by atoms with van der Waals surface area (Å²) in [6, 6.07) is 0. The molecule has 0 atom stereocenters. The summed E-state index contributed by atoms with van der Waals surface area (Å²) < 4.78 is 10.5. The Balaban J connectivity index is 3.11. The van der Waals surface area contributed by atoms with Crippen LogP contribution in [0.3, 0.4) is 0 Å². The van der Waals surface area contributed by atoms with Crippen molar-refractivity contribution >= 4 is 5.97 Å². The van der Waals surface area contributed by atoms with Crippen LogP contribution < -0.4 is 0 Å². The van der Waals surface area contributed by atoms with Gasteiger partial charge in [-0.2, -0.15) is 0 Å². The summed E-state index contributed by atoms with van der Waals surface area (Å²) in [6.07, 6.45) is 12.7. The van der Waals surface area contributed by atoms with Crippen molar-refractivity contribution in [2.75, 3.05) is 19.8 Å². The van der Waals surface area contributed by atoms with Crippen molar-refractivity contribution < 1.29 is 14.3 Å². The average Bonchev–Trinajstić information content (AvgIpc) is 2.45. The van der Waals surface area contributed by atoms with Gasteiger partial charge in [0.1, 0.15) is 0 Å². The van der Waals surface area contributed by atoms with Gasteiger partial charge in [-0.1, -0.05) is 65.2 Å². The van der Waals surface area contributed by atoms with E-state index in [-0.39, 0.29) is 5.97 Å². The Morgan fingerprint density at radius 3 is 1.95 bits per heavy atom. The van der Waals surface area contributed by atoms with E-state index in [1.165, 1.54) is 44.9 Å². The van der Waals surface area contributed by atoms with Crippen molar-refractivity contribution in [2.45, 2.75) is 84.5 Å². The molecule has 0 spiro atoms. The summed E-state index contributed by atoms with van der Waals surface area (Å²) in [6.45, 7) is 6.19. The first-order valence-corrected chi connectivity index (χ1v) is 8.54. The first kappa shape index (κ1) is 19.4. The number of hydrogen-bond donors (Lipinski definition) is 0. The third-order valence-electron chi connectivity index (χ3n) is 3.35. The predicted octanol–water partition coefficient (Wildman–Crippen LogP) is 4.88. The van der Waals surface area contributed by atoms with Gasteiger partial charge < -0.3 is 9.47 Å². The van der Waals surface area contributed by atoms with E-state index in [0.29, 0.717) is 19.6 Å². The van der Waals surface area contributed by atoms with Crippen molar-refractivity contribution in [3.63, 3.8) is 0 Å². The highest BCUT2D eigenvalue weighted by Gasteiger charge is 2.02. The van der Waals surface area contributed by atoms with Gasteiger partial charge in [0.15, 0.2) is 0 Å². The lowest BCUT2D eigenvalue weighted by atomic mass is 10.1. The number of esters is 1. The molecule has 0 aliphatic rings. The van der Waals surface area contributed by atoms with Crippen LogP contribution in [-0.4, -0.2) is 25.8 Å². The predicted molar refractivity (Wildman–Crippen MR) is 83.9 cm³/mol. The Kier molecular flexibility index (Phi) is 16.0. The largest absolute Gasteiger partial charge is 0.466 e. The first-order chi connectivity index (χ1) is 9.81. The molecule has 0 rings (SSSR count). The van der Waals surface area contributed by atoms with Gasteiger partial charge in [0.05, 0.1) is 19.6 Å². The lowest BCUT2D eigenvalue weighted by Crippen LogP contribution is -2.09. The summed E-state index contributed by atoms with van der Waals surface area (Å²) >= 11 is 0. The van der Waals surface area contributed by atoms with Crippen molar-refractivity contribution in [1.29, 1.82) is 0 Å². The molecule has 0 radical (unpaired) electrons. The van der Waals surface area contributed by atoms with Gasteiger partial charge in [-0.3, -0.25) is 4.79 Å². The summed E-state index contributed by atoms with van der Waals surface area (Å²) in [7, 11) is 0. The number of carbonyl (C=O) groups is 1. The molecule has 3 heteroatoms. The minimum absolute atomic E-state index is 0.121. The third-order valence-corrected chi connectivity index (χ3v) is 3.35. The Labute approximate surface area is 125 Å². The van der Waals surface area contributed by atoms with Crippen LogP contribution in [0, 0.1) is 0 Å². The molecule has 120 valence electrons. The number of carbonyl (C=O) groups excluding carboxylic acids is 1. The SMILES string of the molecule is CCCCCCCCCCOC(=O)CCOCCCC. The van der Waals surface area contributed by atoms with Gasteiger partial charge in [-0.15, -0.1) is 0 Å². The monoisotopic (exact) mass is 286 g/mol. The van der Waals surface area contributed by atoms with Crippen LogP contribution in [0.15, 0.2) is 0 Å². The molecule has 0 saturated heterocycles. The molecule has 0 amide bonds. The molecule has 3 nitrogen and oxygen atoms in total. The molecule has 0 aromatic rings. The highest BCUT2D eigenvalue weighted by molar-refractivity contribution is 5.69. The number of rotatable bonds is 15. The van der Waals surface area contributed by atoms with E-state index in [9.17, 15) is 4.79 Å². The maximum Gasteiger partial charge on any atom is 0.308 e. The smallest absolute Gasteiger partial charge is 0.308 e. The summed E-state index contributed by atoms with van der Waals surface area (Å²) in [5.74, 6) is -0.121. The van der Waals surface area contributed by atoms with Gasteiger partial charge in [0.2, 0.25) is 0 Å². The standard InChI is InChI=1S/C17H34O3/c1-3-5-7-8-9-10-11-12-15-20-17(18)13-16-19-14-6-4-2/h3-16H2,1-2H3. The van der Waals surface area contributed by atoms with Crippen molar-refractivity contribution in [3.8, 4) is 0 Å². The minimum atomic E-state index is -0.121. The molecule has 0 fully saturated rings. The van der Waals surface area contributed by atoms with Gasteiger partial charge in [0.25, 0.3) is 0 Å². The molecule has 0 aromatic heterocycles. The van der Waals surface area contributed by atoms with E-state index in [1.54, 1.807) is 0 Å². The van der Waals surface area contributed by atoms with Crippen molar-refractivity contribution in [1.82, 2.24) is 0 Å². The zero-order valence-corrected chi connectivity index (χ0v) is 13.6. The van der Waals surface area contributed by atoms with Crippen LogP contribution in [0.2, 0.25) is 0 Å². The first-order valence-electron chi connectivity index (χ1n) is 8.54. The van der Waals surface area contributed by atoms with E-state index in [2.05, 4.69) is 13.8 Å². The van der Waals surface area contributed by atoms with E-state index < -0.39 is 0 Å². The molecule has 0 aromatic carbocycles. The average molecular weight is 286 g/mol. The molecule has 0 heterocycles. The zero-order chi connectivity index (χ0) is 14.9. The van der Waals surface area contributed by atoms with Crippen molar-refractivity contribution in [3.05, 3.63) is 0 Å². The maximum atomic E-state index is 11.4. The minimum Gasteiger partial charge on any atom is -0.466 e. The number of hydrogen-bond acceptors (Lipinski definition) is 3. The molecule has 0 aliphatic carbocycles. The topological polar surface area (TPSA) is 35.5 Å². The van der Waals surface area contributed by atoms with E-state index in [0.717, 1.165) is 25.9 Å². The molecule has 0 unspecified atom stereocenters. The second kappa shape index (κ2) is 16.5. The van der Waals surface area contributed by atoms with Crippen LogP contribution >= 0.6 is 0 Å². The fourth-order valence-electron chi connectivity index (χ4n) is 2.00. The van der Waals surface area contributed by atoms with Crippen LogP contribution in [0.4, 0.5) is 0 Å². The highest BCUT2D eigenvalue weighted by atomic mass is 16.5. The van der Waals surface area contributed by atoms with E-state index in [1.807, 2.05) is 0 Å². The molecule has 0 aliphatic heterocycles. The Hall–Kier alpha value is -0.570. The summed E-state index contributed by atoms with van der Waals surface area (Å²) in [5.41, 5.74) is 0. The third kappa shape index (κ3) is 15.5. The van der Waals surface area contributed by atoms with Gasteiger partial charge in [0, 0.05) is 6.61 Å². The van der Waals surface area contributed by atoms with Gasteiger partial charge in [-0.25, -0.2) is 0 Å². The fourth-order valence-corrected chi connectivity index (χ4v) is 2.00. The molecule has 20 heavy (non-hydrogen) atoms. The van der Waals surface area contributed by atoms with Gasteiger partial charge >= 0.3 is 5.97 Å².